The number of hydrogen-bond donors (Lipinski definition) is 2. The highest BCUT2D eigenvalue weighted by atomic mass is 15.3. The van der Waals surface area contributed by atoms with Crippen molar-refractivity contribution in [3.63, 3.8) is 0 Å². The van der Waals surface area contributed by atoms with Crippen LogP contribution in [0, 0.1) is 10.8 Å². The van der Waals surface area contributed by atoms with Crippen molar-refractivity contribution in [3.05, 3.63) is 36.1 Å². The average Bonchev–Trinajstić information content (AvgIpc) is 2.39. The molecular formula is C17H27N3. The molecule has 110 valence electrons. The SMILES string of the molecule is CC(C)(C)C1=NNC(CC(C)(C)C2=CNCC=C2)C=C1. The number of dihydropyridines is 1. The summed E-state index contributed by atoms with van der Waals surface area (Å²) in [6.07, 6.45) is 12.0. The van der Waals surface area contributed by atoms with Gasteiger partial charge in [0.1, 0.15) is 0 Å². The maximum atomic E-state index is 4.54. The molecule has 2 heterocycles. The van der Waals surface area contributed by atoms with Crippen LogP contribution in [-0.2, 0) is 0 Å². The van der Waals surface area contributed by atoms with E-state index >= 15 is 0 Å². The van der Waals surface area contributed by atoms with Gasteiger partial charge in [0.2, 0.25) is 0 Å². The highest BCUT2D eigenvalue weighted by Crippen LogP contribution is 2.34. The lowest BCUT2D eigenvalue weighted by molar-refractivity contribution is 0.363. The quantitative estimate of drug-likeness (QED) is 0.827. The molecule has 1 atom stereocenters. The molecule has 0 fully saturated rings. The van der Waals surface area contributed by atoms with Crippen LogP contribution in [0.3, 0.4) is 0 Å². The van der Waals surface area contributed by atoms with Gasteiger partial charge in [-0.15, -0.1) is 0 Å². The minimum Gasteiger partial charge on any atom is -0.387 e. The number of hydrogen-bond acceptors (Lipinski definition) is 3. The van der Waals surface area contributed by atoms with E-state index in [1.807, 2.05) is 0 Å². The van der Waals surface area contributed by atoms with E-state index < -0.39 is 0 Å². The summed E-state index contributed by atoms with van der Waals surface area (Å²) in [6.45, 7) is 12.1. The normalized spacial score (nSPS) is 22.8. The lowest BCUT2D eigenvalue weighted by atomic mass is 9.78. The molecule has 3 heteroatoms. The van der Waals surface area contributed by atoms with Crippen LogP contribution in [0.2, 0.25) is 0 Å². The smallest absolute Gasteiger partial charge is 0.0654 e. The molecule has 0 saturated heterocycles. The van der Waals surface area contributed by atoms with Crippen molar-refractivity contribution in [1.29, 1.82) is 0 Å². The van der Waals surface area contributed by atoms with Crippen LogP contribution in [-0.4, -0.2) is 18.3 Å². The van der Waals surface area contributed by atoms with Crippen LogP contribution >= 0.6 is 0 Å². The van der Waals surface area contributed by atoms with E-state index in [-0.39, 0.29) is 10.8 Å². The molecule has 20 heavy (non-hydrogen) atoms. The molecule has 0 aliphatic carbocycles. The van der Waals surface area contributed by atoms with E-state index in [9.17, 15) is 0 Å². The molecule has 2 aliphatic rings. The third-order valence-corrected chi connectivity index (χ3v) is 3.91. The largest absolute Gasteiger partial charge is 0.387 e. The van der Waals surface area contributed by atoms with Gasteiger partial charge in [-0.1, -0.05) is 52.8 Å². The molecule has 0 bridgehead atoms. The highest BCUT2D eigenvalue weighted by Gasteiger charge is 2.28. The van der Waals surface area contributed by atoms with Crippen LogP contribution in [0.1, 0.15) is 41.0 Å². The van der Waals surface area contributed by atoms with Crippen molar-refractivity contribution in [3.8, 4) is 0 Å². The topological polar surface area (TPSA) is 36.4 Å². The Morgan fingerprint density at radius 3 is 2.45 bits per heavy atom. The van der Waals surface area contributed by atoms with Crippen LogP contribution in [0.15, 0.2) is 41.2 Å². The maximum absolute atomic E-state index is 4.54. The van der Waals surface area contributed by atoms with E-state index in [4.69, 9.17) is 0 Å². The second-order valence-electron chi connectivity index (χ2n) is 7.34. The van der Waals surface area contributed by atoms with Gasteiger partial charge in [-0.3, -0.25) is 0 Å². The number of nitrogens with one attached hydrogen (secondary N) is 2. The number of nitrogens with zero attached hydrogens (tertiary/aromatic N) is 1. The Balaban J connectivity index is 1.99. The van der Waals surface area contributed by atoms with Gasteiger partial charge in [0.05, 0.1) is 11.8 Å². The monoisotopic (exact) mass is 273 g/mol. The zero-order valence-electron chi connectivity index (χ0n) is 13.3. The summed E-state index contributed by atoms with van der Waals surface area (Å²) in [6, 6.07) is 0.298. The van der Waals surface area contributed by atoms with Crippen LogP contribution in [0.4, 0.5) is 0 Å². The van der Waals surface area contributed by atoms with Gasteiger partial charge in [0.25, 0.3) is 0 Å². The first kappa shape index (κ1) is 14.9. The first-order valence-electron chi connectivity index (χ1n) is 7.41. The average molecular weight is 273 g/mol. The van der Waals surface area contributed by atoms with Crippen LogP contribution in [0.5, 0.6) is 0 Å². The molecule has 0 aromatic carbocycles. The molecule has 0 amide bonds. The third kappa shape index (κ3) is 3.53. The summed E-state index contributed by atoms with van der Waals surface area (Å²) in [7, 11) is 0. The third-order valence-electron chi connectivity index (χ3n) is 3.91. The van der Waals surface area contributed by atoms with Gasteiger partial charge in [-0.25, -0.2) is 0 Å². The lowest BCUT2D eigenvalue weighted by Gasteiger charge is -2.32. The summed E-state index contributed by atoms with van der Waals surface area (Å²) >= 11 is 0. The van der Waals surface area contributed by atoms with E-state index in [0.717, 1.165) is 18.7 Å². The molecule has 0 spiro atoms. The molecule has 0 saturated carbocycles. The van der Waals surface area contributed by atoms with Crippen molar-refractivity contribution < 1.29 is 0 Å². The minimum atomic E-state index is 0.0997. The molecule has 0 aromatic heterocycles. The van der Waals surface area contributed by atoms with Gasteiger partial charge in [-0.05, 0) is 23.5 Å². The van der Waals surface area contributed by atoms with Crippen LogP contribution < -0.4 is 10.7 Å². The molecule has 2 rings (SSSR count). The molecule has 0 aromatic rings. The van der Waals surface area contributed by atoms with E-state index in [1.165, 1.54) is 5.57 Å². The Morgan fingerprint density at radius 2 is 1.95 bits per heavy atom. The summed E-state index contributed by atoms with van der Waals surface area (Å²) in [5, 5.41) is 7.83. The lowest BCUT2D eigenvalue weighted by Crippen LogP contribution is -2.35. The molecule has 1 unspecified atom stereocenters. The molecule has 2 aliphatic heterocycles. The van der Waals surface area contributed by atoms with Crippen molar-refractivity contribution in [2.45, 2.75) is 47.1 Å². The summed E-state index contributed by atoms with van der Waals surface area (Å²) in [5.41, 5.74) is 5.99. The van der Waals surface area contributed by atoms with Crippen molar-refractivity contribution in [2.75, 3.05) is 6.54 Å². The Kier molecular flexibility index (Phi) is 4.07. The maximum Gasteiger partial charge on any atom is 0.0654 e. The fourth-order valence-electron chi connectivity index (χ4n) is 2.53. The molecular weight excluding hydrogens is 246 g/mol. The second-order valence-corrected chi connectivity index (χ2v) is 7.34. The van der Waals surface area contributed by atoms with E-state index in [2.05, 4.69) is 81.0 Å². The summed E-state index contributed by atoms with van der Waals surface area (Å²) < 4.78 is 0. The zero-order chi connectivity index (χ0) is 14.8. The minimum absolute atomic E-state index is 0.0997. The zero-order valence-corrected chi connectivity index (χ0v) is 13.3. The van der Waals surface area contributed by atoms with Crippen molar-refractivity contribution in [2.24, 2.45) is 15.9 Å². The van der Waals surface area contributed by atoms with Gasteiger partial charge < -0.3 is 10.7 Å². The summed E-state index contributed by atoms with van der Waals surface area (Å²) in [5.74, 6) is 0. The molecule has 0 radical (unpaired) electrons. The van der Waals surface area contributed by atoms with Crippen LogP contribution in [0.25, 0.3) is 0 Å². The predicted molar refractivity (Wildman–Crippen MR) is 86.6 cm³/mol. The molecule has 3 nitrogen and oxygen atoms in total. The second kappa shape index (κ2) is 5.47. The number of rotatable bonds is 3. The number of hydrazone groups is 1. The standard InChI is InChI=1S/C17H27N3/c1-16(2,3)15-9-8-14(19-20-15)11-17(4,5)13-7-6-10-18-12-13/h6-9,12,14,18-19H,10-11H2,1-5H3. The Labute approximate surface area is 122 Å². The fourth-order valence-corrected chi connectivity index (χ4v) is 2.53. The van der Waals surface area contributed by atoms with E-state index in [0.29, 0.717) is 6.04 Å². The Bertz CT molecular complexity index is 473. The Morgan fingerprint density at radius 1 is 1.20 bits per heavy atom. The van der Waals surface area contributed by atoms with Crippen molar-refractivity contribution in [1.82, 2.24) is 10.7 Å². The van der Waals surface area contributed by atoms with Gasteiger partial charge >= 0.3 is 0 Å². The first-order chi connectivity index (χ1) is 9.29. The highest BCUT2D eigenvalue weighted by molar-refractivity contribution is 5.99. The van der Waals surface area contributed by atoms with Gasteiger partial charge in [0, 0.05) is 18.2 Å². The first-order valence-corrected chi connectivity index (χ1v) is 7.41. The fraction of sp³-hybridized carbons (Fsp3) is 0.588. The number of allylic oxidation sites excluding steroid dienone is 3. The Hall–Kier alpha value is -1.51. The molecule has 2 N–H and O–H groups in total. The van der Waals surface area contributed by atoms with Crippen molar-refractivity contribution >= 4 is 5.71 Å². The van der Waals surface area contributed by atoms with E-state index in [1.54, 1.807) is 0 Å². The predicted octanol–water partition coefficient (Wildman–Crippen LogP) is 3.38. The summed E-state index contributed by atoms with van der Waals surface area (Å²) in [4.78, 5) is 0. The van der Waals surface area contributed by atoms with Gasteiger partial charge in [-0.2, -0.15) is 5.10 Å². The van der Waals surface area contributed by atoms with Gasteiger partial charge in [0.15, 0.2) is 0 Å².